The number of hydrogen-bond donors (Lipinski definition) is 1. The molecule has 0 fully saturated rings. The molecule has 20 heavy (non-hydrogen) atoms. The fourth-order valence-electron chi connectivity index (χ4n) is 1.71. The summed E-state index contributed by atoms with van der Waals surface area (Å²) in [5.74, 6) is 0.527. The minimum absolute atomic E-state index is 0.00527. The first-order chi connectivity index (χ1) is 9.36. The van der Waals surface area contributed by atoms with Crippen molar-refractivity contribution in [2.24, 2.45) is 0 Å². The lowest BCUT2D eigenvalue weighted by Gasteiger charge is -2.14. The first-order valence-electron chi connectivity index (χ1n) is 5.93. The van der Waals surface area contributed by atoms with E-state index in [1.807, 2.05) is 6.92 Å². The molecule has 0 unspecified atom stereocenters. The van der Waals surface area contributed by atoms with Crippen molar-refractivity contribution in [1.82, 2.24) is 19.7 Å². The van der Waals surface area contributed by atoms with E-state index in [0.29, 0.717) is 12.4 Å². The number of nitrogens with two attached hydrogens (primary N) is 1. The zero-order valence-corrected chi connectivity index (χ0v) is 12.3. The molecule has 2 aromatic heterocycles. The highest BCUT2D eigenvalue weighted by molar-refractivity contribution is 7.91. The van der Waals surface area contributed by atoms with Crippen molar-refractivity contribution in [2.45, 2.75) is 11.8 Å². The molecule has 0 saturated heterocycles. The number of rotatable bonds is 4. The molecule has 0 aliphatic heterocycles. The Labute approximate surface area is 117 Å². The SMILES string of the molecule is CCN(C)c1nn(-c2ncccn2)c(N)c1S(C)(=O)=O. The molecule has 2 rings (SSSR count). The van der Waals surface area contributed by atoms with Crippen LogP contribution in [0.2, 0.25) is 0 Å². The Balaban J connectivity index is 2.72. The van der Waals surface area contributed by atoms with E-state index in [9.17, 15) is 8.42 Å². The van der Waals surface area contributed by atoms with E-state index in [0.717, 1.165) is 6.26 Å². The van der Waals surface area contributed by atoms with Crippen molar-refractivity contribution in [3.63, 3.8) is 0 Å². The highest BCUT2D eigenvalue weighted by Gasteiger charge is 2.27. The van der Waals surface area contributed by atoms with Gasteiger partial charge in [-0.2, -0.15) is 4.68 Å². The van der Waals surface area contributed by atoms with Gasteiger partial charge >= 0.3 is 0 Å². The molecule has 2 heterocycles. The van der Waals surface area contributed by atoms with Gasteiger partial charge in [0.05, 0.1) is 0 Å². The third-order valence-corrected chi connectivity index (χ3v) is 3.94. The average Bonchev–Trinajstić information content (AvgIpc) is 2.76. The molecule has 0 radical (unpaired) electrons. The summed E-state index contributed by atoms with van der Waals surface area (Å²) >= 11 is 0. The number of aromatic nitrogens is 4. The van der Waals surface area contributed by atoms with Crippen LogP contribution in [-0.4, -0.2) is 48.0 Å². The minimum atomic E-state index is -3.51. The molecule has 0 saturated carbocycles. The minimum Gasteiger partial charge on any atom is -0.382 e. The average molecular weight is 296 g/mol. The number of nitrogens with zero attached hydrogens (tertiary/aromatic N) is 5. The van der Waals surface area contributed by atoms with Crippen molar-refractivity contribution in [2.75, 3.05) is 30.5 Å². The second-order valence-electron chi connectivity index (χ2n) is 4.28. The predicted octanol–water partition coefficient (Wildman–Crippen LogP) is 0.104. The summed E-state index contributed by atoms with van der Waals surface area (Å²) in [5, 5.41) is 4.23. The highest BCUT2D eigenvalue weighted by Crippen LogP contribution is 2.30. The van der Waals surface area contributed by atoms with Gasteiger partial charge in [0.2, 0.25) is 0 Å². The van der Waals surface area contributed by atoms with E-state index in [1.54, 1.807) is 18.0 Å². The fourth-order valence-corrected chi connectivity index (χ4v) is 2.71. The molecule has 0 aliphatic carbocycles. The summed E-state index contributed by atoms with van der Waals surface area (Å²) < 4.78 is 25.1. The van der Waals surface area contributed by atoms with Gasteiger partial charge in [-0.15, -0.1) is 5.10 Å². The smallest absolute Gasteiger partial charge is 0.252 e. The molecule has 8 nitrogen and oxygen atoms in total. The van der Waals surface area contributed by atoms with Gasteiger partial charge in [0.15, 0.2) is 26.4 Å². The summed E-state index contributed by atoms with van der Waals surface area (Å²) in [6.45, 7) is 2.48. The van der Waals surface area contributed by atoms with Crippen LogP contribution in [-0.2, 0) is 9.84 Å². The van der Waals surface area contributed by atoms with Gasteiger partial charge in [-0.25, -0.2) is 18.4 Å². The Hall–Kier alpha value is -2.16. The number of sulfone groups is 1. The van der Waals surface area contributed by atoms with Gasteiger partial charge in [0.25, 0.3) is 5.95 Å². The second-order valence-corrected chi connectivity index (χ2v) is 6.24. The maximum Gasteiger partial charge on any atom is 0.252 e. The number of hydrogen-bond acceptors (Lipinski definition) is 7. The van der Waals surface area contributed by atoms with Gasteiger partial charge < -0.3 is 10.6 Å². The first kappa shape index (κ1) is 14.3. The lowest BCUT2D eigenvalue weighted by atomic mass is 10.5. The highest BCUT2D eigenvalue weighted by atomic mass is 32.2. The summed E-state index contributed by atoms with van der Waals surface area (Å²) in [6, 6.07) is 1.65. The molecule has 108 valence electrons. The molecule has 0 atom stereocenters. The van der Waals surface area contributed by atoms with Crippen LogP contribution >= 0.6 is 0 Å². The van der Waals surface area contributed by atoms with Crippen molar-refractivity contribution < 1.29 is 8.42 Å². The second kappa shape index (κ2) is 5.08. The molecule has 2 aromatic rings. The Morgan fingerprint density at radius 3 is 2.45 bits per heavy atom. The van der Waals surface area contributed by atoms with Gasteiger partial charge in [0, 0.05) is 32.2 Å². The summed E-state index contributed by atoms with van der Waals surface area (Å²) in [7, 11) is -1.77. The molecule has 2 N–H and O–H groups in total. The standard InChI is InChI=1S/C11H16N6O2S/c1-4-16(2)10-8(20(3,18)19)9(12)17(15-10)11-13-6-5-7-14-11/h5-7H,4,12H2,1-3H3. The van der Waals surface area contributed by atoms with Crippen LogP contribution in [0.25, 0.3) is 5.95 Å². The van der Waals surface area contributed by atoms with Crippen LogP contribution in [0.1, 0.15) is 6.92 Å². The predicted molar refractivity (Wildman–Crippen MR) is 75.6 cm³/mol. The maximum atomic E-state index is 11.9. The lowest BCUT2D eigenvalue weighted by molar-refractivity contribution is 0.602. The summed E-state index contributed by atoms with van der Waals surface area (Å²) in [4.78, 5) is 9.75. The maximum absolute atomic E-state index is 11.9. The van der Waals surface area contributed by atoms with Crippen LogP contribution in [0.3, 0.4) is 0 Å². The molecule has 0 spiro atoms. The Morgan fingerprint density at radius 2 is 1.95 bits per heavy atom. The molecular weight excluding hydrogens is 280 g/mol. The fraction of sp³-hybridized carbons (Fsp3) is 0.364. The van der Waals surface area contributed by atoms with Crippen LogP contribution in [0.4, 0.5) is 11.6 Å². The van der Waals surface area contributed by atoms with Crippen LogP contribution < -0.4 is 10.6 Å². The quantitative estimate of drug-likeness (QED) is 0.852. The third kappa shape index (κ3) is 2.44. The van der Waals surface area contributed by atoms with Gasteiger partial charge in [-0.1, -0.05) is 0 Å². The van der Waals surface area contributed by atoms with E-state index < -0.39 is 9.84 Å². The van der Waals surface area contributed by atoms with E-state index in [1.165, 1.54) is 17.1 Å². The summed E-state index contributed by atoms with van der Waals surface area (Å²) in [6.07, 6.45) is 4.17. The first-order valence-corrected chi connectivity index (χ1v) is 7.82. The Bertz CT molecular complexity index is 710. The van der Waals surface area contributed by atoms with Crippen molar-refractivity contribution in [1.29, 1.82) is 0 Å². The Kier molecular flexibility index (Phi) is 3.62. The van der Waals surface area contributed by atoms with Gasteiger partial charge in [-0.3, -0.25) is 0 Å². The largest absolute Gasteiger partial charge is 0.382 e. The number of nitrogen functional groups attached to an aromatic ring is 1. The number of anilines is 2. The molecule has 0 aliphatic rings. The van der Waals surface area contributed by atoms with E-state index >= 15 is 0 Å². The topological polar surface area (TPSA) is 107 Å². The van der Waals surface area contributed by atoms with E-state index in [-0.39, 0.29) is 16.7 Å². The molecular formula is C11H16N6O2S. The lowest BCUT2D eigenvalue weighted by Crippen LogP contribution is -2.19. The monoisotopic (exact) mass is 296 g/mol. The van der Waals surface area contributed by atoms with Crippen LogP contribution in [0.15, 0.2) is 23.4 Å². The third-order valence-electron chi connectivity index (χ3n) is 2.81. The van der Waals surface area contributed by atoms with E-state index in [4.69, 9.17) is 5.73 Å². The van der Waals surface area contributed by atoms with Gasteiger partial charge in [-0.05, 0) is 13.0 Å². The van der Waals surface area contributed by atoms with Gasteiger partial charge in [0.1, 0.15) is 0 Å². The summed E-state index contributed by atoms with van der Waals surface area (Å²) in [5.41, 5.74) is 5.93. The zero-order valence-electron chi connectivity index (χ0n) is 11.5. The molecule has 9 heteroatoms. The normalized spacial score (nSPS) is 11.6. The zero-order chi connectivity index (χ0) is 14.9. The molecule has 0 bridgehead atoms. The van der Waals surface area contributed by atoms with Crippen molar-refractivity contribution in [3.05, 3.63) is 18.5 Å². The molecule has 0 amide bonds. The van der Waals surface area contributed by atoms with Crippen LogP contribution in [0, 0.1) is 0 Å². The molecule has 0 aromatic carbocycles. The van der Waals surface area contributed by atoms with E-state index in [2.05, 4.69) is 15.1 Å². The van der Waals surface area contributed by atoms with Crippen molar-refractivity contribution in [3.8, 4) is 5.95 Å². The van der Waals surface area contributed by atoms with Crippen molar-refractivity contribution >= 4 is 21.5 Å². The Morgan fingerprint density at radius 1 is 1.35 bits per heavy atom. The van der Waals surface area contributed by atoms with Crippen LogP contribution in [0.5, 0.6) is 0 Å².